The maximum Gasteiger partial charge on any atom is 0.225 e. The first kappa shape index (κ1) is 16.3. The predicted octanol–water partition coefficient (Wildman–Crippen LogP) is 1.22. The lowest BCUT2D eigenvalue weighted by Gasteiger charge is -2.43. The SMILES string of the molecule is CC(C)(C)N1CCN(C(=O)C2CCC(C(N)=O)CC2)CC1. The van der Waals surface area contributed by atoms with Crippen molar-refractivity contribution in [1.82, 2.24) is 9.80 Å². The van der Waals surface area contributed by atoms with Crippen molar-refractivity contribution in [3.8, 4) is 0 Å². The molecule has 1 saturated carbocycles. The third kappa shape index (κ3) is 3.96. The monoisotopic (exact) mass is 295 g/mol. The first-order valence-corrected chi connectivity index (χ1v) is 8.12. The molecule has 0 spiro atoms. The smallest absolute Gasteiger partial charge is 0.225 e. The van der Waals surface area contributed by atoms with Gasteiger partial charge in [0.25, 0.3) is 0 Å². The molecule has 5 heteroatoms. The van der Waals surface area contributed by atoms with Crippen LogP contribution in [0.3, 0.4) is 0 Å². The largest absolute Gasteiger partial charge is 0.369 e. The van der Waals surface area contributed by atoms with E-state index in [-0.39, 0.29) is 29.2 Å². The van der Waals surface area contributed by atoms with Crippen LogP contribution in [0.5, 0.6) is 0 Å². The molecule has 0 aromatic carbocycles. The van der Waals surface area contributed by atoms with Gasteiger partial charge < -0.3 is 10.6 Å². The van der Waals surface area contributed by atoms with Crippen LogP contribution in [0.2, 0.25) is 0 Å². The number of nitrogens with zero attached hydrogens (tertiary/aromatic N) is 2. The first-order chi connectivity index (χ1) is 9.79. The average Bonchev–Trinajstić information content (AvgIpc) is 2.46. The normalized spacial score (nSPS) is 28.4. The molecular formula is C16H29N3O2. The zero-order chi connectivity index (χ0) is 15.6. The van der Waals surface area contributed by atoms with E-state index in [1.54, 1.807) is 0 Å². The molecule has 0 aromatic rings. The molecule has 120 valence electrons. The van der Waals surface area contributed by atoms with Gasteiger partial charge in [0.05, 0.1) is 0 Å². The summed E-state index contributed by atoms with van der Waals surface area (Å²) < 4.78 is 0. The van der Waals surface area contributed by atoms with Crippen molar-refractivity contribution in [2.24, 2.45) is 17.6 Å². The molecule has 1 heterocycles. The van der Waals surface area contributed by atoms with E-state index in [0.717, 1.165) is 51.9 Å². The molecule has 0 unspecified atom stereocenters. The van der Waals surface area contributed by atoms with Crippen LogP contribution in [0.25, 0.3) is 0 Å². The molecule has 2 N–H and O–H groups in total. The minimum Gasteiger partial charge on any atom is -0.369 e. The van der Waals surface area contributed by atoms with E-state index in [2.05, 4.69) is 25.7 Å². The van der Waals surface area contributed by atoms with E-state index in [4.69, 9.17) is 5.73 Å². The van der Waals surface area contributed by atoms with Gasteiger partial charge in [0.1, 0.15) is 0 Å². The highest BCUT2D eigenvalue weighted by Gasteiger charge is 2.33. The summed E-state index contributed by atoms with van der Waals surface area (Å²) in [5, 5.41) is 0. The van der Waals surface area contributed by atoms with Gasteiger partial charge >= 0.3 is 0 Å². The summed E-state index contributed by atoms with van der Waals surface area (Å²) in [5.41, 5.74) is 5.52. The van der Waals surface area contributed by atoms with Crippen molar-refractivity contribution < 1.29 is 9.59 Å². The van der Waals surface area contributed by atoms with Gasteiger partial charge in [-0.3, -0.25) is 14.5 Å². The fraction of sp³-hybridized carbons (Fsp3) is 0.875. The average molecular weight is 295 g/mol. The molecule has 2 amide bonds. The van der Waals surface area contributed by atoms with Gasteiger partial charge in [0.15, 0.2) is 0 Å². The highest BCUT2D eigenvalue weighted by atomic mass is 16.2. The fourth-order valence-corrected chi connectivity index (χ4v) is 3.48. The molecule has 0 bridgehead atoms. The predicted molar refractivity (Wildman–Crippen MR) is 82.5 cm³/mol. The molecule has 0 radical (unpaired) electrons. The number of primary amides is 1. The second kappa shape index (κ2) is 6.34. The maximum absolute atomic E-state index is 12.6. The van der Waals surface area contributed by atoms with Gasteiger partial charge in [-0.25, -0.2) is 0 Å². The fourth-order valence-electron chi connectivity index (χ4n) is 3.48. The lowest BCUT2D eigenvalue weighted by Crippen LogP contribution is -2.55. The highest BCUT2D eigenvalue weighted by molar-refractivity contribution is 5.80. The number of nitrogens with two attached hydrogens (primary N) is 1. The molecule has 5 nitrogen and oxygen atoms in total. The van der Waals surface area contributed by atoms with E-state index in [1.807, 2.05) is 4.90 Å². The van der Waals surface area contributed by atoms with Crippen LogP contribution >= 0.6 is 0 Å². The zero-order valence-corrected chi connectivity index (χ0v) is 13.6. The molecule has 2 rings (SSSR count). The third-order valence-corrected chi connectivity index (χ3v) is 5.02. The summed E-state index contributed by atoms with van der Waals surface area (Å²) in [6, 6.07) is 0. The number of hydrogen-bond donors (Lipinski definition) is 1. The third-order valence-electron chi connectivity index (χ3n) is 5.02. The van der Waals surface area contributed by atoms with Crippen LogP contribution < -0.4 is 5.73 Å². The highest BCUT2D eigenvalue weighted by Crippen LogP contribution is 2.30. The van der Waals surface area contributed by atoms with Gasteiger partial charge in [-0.2, -0.15) is 0 Å². The quantitative estimate of drug-likeness (QED) is 0.833. The molecule has 1 saturated heterocycles. The van der Waals surface area contributed by atoms with E-state index in [9.17, 15) is 9.59 Å². The Morgan fingerprint density at radius 2 is 1.38 bits per heavy atom. The van der Waals surface area contributed by atoms with Crippen molar-refractivity contribution >= 4 is 11.8 Å². The maximum atomic E-state index is 12.6. The van der Waals surface area contributed by atoms with Crippen molar-refractivity contribution in [3.63, 3.8) is 0 Å². The van der Waals surface area contributed by atoms with Gasteiger partial charge in [-0.15, -0.1) is 0 Å². The Balaban J connectivity index is 1.82. The van der Waals surface area contributed by atoms with Crippen molar-refractivity contribution in [3.05, 3.63) is 0 Å². The standard InChI is InChI=1S/C16H29N3O2/c1-16(2,3)19-10-8-18(9-11-19)15(21)13-6-4-12(5-7-13)14(17)20/h12-13H,4-11H2,1-3H3,(H2,17,20). The van der Waals surface area contributed by atoms with Gasteiger partial charge in [0.2, 0.25) is 11.8 Å². The Hall–Kier alpha value is -1.10. The topological polar surface area (TPSA) is 66.6 Å². The van der Waals surface area contributed by atoms with Crippen LogP contribution in [0, 0.1) is 11.8 Å². The lowest BCUT2D eigenvalue weighted by molar-refractivity contribution is -0.140. The summed E-state index contributed by atoms with van der Waals surface area (Å²) in [7, 11) is 0. The summed E-state index contributed by atoms with van der Waals surface area (Å²) in [4.78, 5) is 28.2. The van der Waals surface area contributed by atoms with E-state index in [1.165, 1.54) is 0 Å². The van der Waals surface area contributed by atoms with Crippen LogP contribution in [0.15, 0.2) is 0 Å². The van der Waals surface area contributed by atoms with Crippen molar-refractivity contribution in [1.29, 1.82) is 0 Å². The Morgan fingerprint density at radius 1 is 0.905 bits per heavy atom. The molecule has 0 aromatic heterocycles. The molecule has 1 aliphatic heterocycles. The summed E-state index contributed by atoms with van der Waals surface area (Å²) in [6.45, 7) is 10.2. The zero-order valence-electron chi connectivity index (χ0n) is 13.6. The number of hydrogen-bond acceptors (Lipinski definition) is 3. The number of rotatable bonds is 2. The summed E-state index contributed by atoms with van der Waals surface area (Å²) >= 11 is 0. The molecule has 0 atom stereocenters. The van der Waals surface area contributed by atoms with Gasteiger partial charge in [0, 0.05) is 43.6 Å². The van der Waals surface area contributed by atoms with Crippen LogP contribution in [-0.4, -0.2) is 53.3 Å². The van der Waals surface area contributed by atoms with Crippen molar-refractivity contribution in [2.45, 2.75) is 52.0 Å². The molecule has 21 heavy (non-hydrogen) atoms. The van der Waals surface area contributed by atoms with Crippen molar-refractivity contribution in [2.75, 3.05) is 26.2 Å². The Kier molecular flexibility index (Phi) is 4.91. The second-order valence-electron chi connectivity index (χ2n) is 7.43. The van der Waals surface area contributed by atoms with Crippen LogP contribution in [0.1, 0.15) is 46.5 Å². The van der Waals surface area contributed by atoms with E-state index in [0.29, 0.717) is 0 Å². The van der Waals surface area contributed by atoms with Gasteiger partial charge in [-0.05, 0) is 46.5 Å². The molecule has 2 aliphatic rings. The number of piperazine rings is 1. The summed E-state index contributed by atoms with van der Waals surface area (Å²) in [6.07, 6.45) is 3.17. The number of carbonyl (C=O) groups excluding carboxylic acids is 2. The molecular weight excluding hydrogens is 266 g/mol. The van der Waals surface area contributed by atoms with E-state index < -0.39 is 0 Å². The summed E-state index contributed by atoms with van der Waals surface area (Å²) in [5.74, 6) is 0.153. The minimum atomic E-state index is -0.209. The van der Waals surface area contributed by atoms with Crippen LogP contribution in [0.4, 0.5) is 0 Å². The molecule has 1 aliphatic carbocycles. The van der Waals surface area contributed by atoms with Gasteiger partial charge in [-0.1, -0.05) is 0 Å². The Bertz CT molecular complexity index is 387. The Labute approximate surface area is 127 Å². The second-order valence-corrected chi connectivity index (χ2v) is 7.43. The number of carbonyl (C=O) groups is 2. The first-order valence-electron chi connectivity index (χ1n) is 8.12. The Morgan fingerprint density at radius 3 is 1.81 bits per heavy atom. The minimum absolute atomic E-state index is 0.0215. The van der Waals surface area contributed by atoms with E-state index >= 15 is 0 Å². The molecule has 2 fully saturated rings. The number of amides is 2. The lowest BCUT2D eigenvalue weighted by atomic mass is 9.81. The van der Waals surface area contributed by atoms with Crippen LogP contribution in [-0.2, 0) is 9.59 Å².